The van der Waals surface area contributed by atoms with Crippen molar-refractivity contribution in [2.24, 2.45) is 0 Å². The number of nitrogens with two attached hydrogens (primary N) is 1. The molecular formula is C15H12Cl2N2O2. The molecule has 2 aromatic carbocycles. The molecule has 1 amide bonds. The molecular weight excluding hydrogens is 311 g/mol. The minimum atomic E-state index is -0.655. The molecule has 1 atom stereocenters. The Bertz CT molecular complexity index is 719. The Morgan fingerprint density at radius 3 is 2.76 bits per heavy atom. The predicted molar refractivity (Wildman–Crippen MR) is 84.1 cm³/mol. The van der Waals surface area contributed by atoms with E-state index in [4.69, 9.17) is 33.7 Å². The largest absolute Gasteiger partial charge is 0.478 e. The minimum Gasteiger partial charge on any atom is -0.478 e. The fourth-order valence-electron chi connectivity index (χ4n) is 2.18. The number of fused-ring (bicyclic) bond motifs is 1. The summed E-state index contributed by atoms with van der Waals surface area (Å²) in [5.74, 6) is 0.350. The zero-order valence-corrected chi connectivity index (χ0v) is 12.4. The Labute approximate surface area is 131 Å². The summed E-state index contributed by atoms with van der Waals surface area (Å²) in [5.41, 5.74) is 7.72. The number of amides is 1. The van der Waals surface area contributed by atoms with Gasteiger partial charge < -0.3 is 15.8 Å². The molecule has 0 saturated heterocycles. The van der Waals surface area contributed by atoms with Gasteiger partial charge in [0.05, 0.1) is 5.69 Å². The van der Waals surface area contributed by atoms with Gasteiger partial charge in [-0.25, -0.2) is 0 Å². The third kappa shape index (κ3) is 2.91. The van der Waals surface area contributed by atoms with E-state index in [1.807, 2.05) is 0 Å². The highest BCUT2D eigenvalue weighted by Gasteiger charge is 2.28. The predicted octanol–water partition coefficient (Wildman–Crippen LogP) is 3.52. The van der Waals surface area contributed by atoms with Crippen molar-refractivity contribution in [2.75, 3.05) is 11.1 Å². The van der Waals surface area contributed by atoms with Crippen LogP contribution in [-0.2, 0) is 11.2 Å². The van der Waals surface area contributed by atoms with E-state index in [0.29, 0.717) is 33.6 Å². The summed E-state index contributed by atoms with van der Waals surface area (Å²) in [7, 11) is 0. The van der Waals surface area contributed by atoms with Gasteiger partial charge in [0.25, 0.3) is 5.91 Å². The lowest BCUT2D eigenvalue weighted by Crippen LogP contribution is -2.38. The van der Waals surface area contributed by atoms with Crippen molar-refractivity contribution in [2.45, 2.75) is 12.5 Å². The van der Waals surface area contributed by atoms with Gasteiger partial charge in [-0.2, -0.15) is 0 Å². The van der Waals surface area contributed by atoms with Crippen LogP contribution in [-0.4, -0.2) is 12.0 Å². The van der Waals surface area contributed by atoms with Crippen LogP contribution in [0.2, 0.25) is 10.0 Å². The van der Waals surface area contributed by atoms with Gasteiger partial charge in [-0.1, -0.05) is 29.3 Å². The maximum absolute atomic E-state index is 12.1. The van der Waals surface area contributed by atoms with Gasteiger partial charge >= 0.3 is 0 Å². The molecule has 108 valence electrons. The molecule has 0 aliphatic carbocycles. The Hall–Kier alpha value is -1.91. The number of benzene rings is 2. The number of hydrogen-bond donors (Lipinski definition) is 2. The van der Waals surface area contributed by atoms with Gasteiger partial charge in [-0.05, 0) is 29.8 Å². The van der Waals surface area contributed by atoms with Crippen molar-refractivity contribution in [1.29, 1.82) is 0 Å². The van der Waals surface area contributed by atoms with Crippen molar-refractivity contribution < 1.29 is 9.53 Å². The van der Waals surface area contributed by atoms with Crippen LogP contribution in [0.25, 0.3) is 0 Å². The summed E-state index contributed by atoms with van der Waals surface area (Å²) < 4.78 is 5.73. The van der Waals surface area contributed by atoms with E-state index in [2.05, 4.69) is 5.32 Å². The van der Waals surface area contributed by atoms with E-state index >= 15 is 0 Å². The average Bonchev–Trinajstić information content (AvgIpc) is 2.43. The Kier molecular flexibility index (Phi) is 3.66. The Morgan fingerprint density at radius 1 is 1.19 bits per heavy atom. The number of carbonyl (C=O) groups is 1. The average molecular weight is 323 g/mol. The zero-order chi connectivity index (χ0) is 15.0. The molecule has 3 rings (SSSR count). The van der Waals surface area contributed by atoms with Crippen LogP contribution in [0.15, 0.2) is 36.4 Å². The quantitative estimate of drug-likeness (QED) is 0.831. The van der Waals surface area contributed by atoms with Crippen LogP contribution in [0.1, 0.15) is 5.56 Å². The maximum atomic E-state index is 12.1. The van der Waals surface area contributed by atoms with Crippen LogP contribution < -0.4 is 15.8 Å². The van der Waals surface area contributed by atoms with Crippen molar-refractivity contribution in [3.63, 3.8) is 0 Å². The lowest BCUT2D eigenvalue weighted by Gasteiger charge is -2.26. The third-order valence-corrected chi connectivity index (χ3v) is 3.83. The minimum absolute atomic E-state index is 0.210. The van der Waals surface area contributed by atoms with Crippen LogP contribution >= 0.6 is 23.2 Å². The lowest BCUT2D eigenvalue weighted by atomic mass is 10.1. The highest BCUT2D eigenvalue weighted by Crippen LogP contribution is 2.33. The SMILES string of the molecule is Nc1ccc2c(c1)OC(Cc1ccc(Cl)cc1Cl)C(=O)N2. The second kappa shape index (κ2) is 5.47. The van der Waals surface area contributed by atoms with Gasteiger partial charge in [-0.3, -0.25) is 4.79 Å². The molecule has 0 radical (unpaired) electrons. The molecule has 1 aliphatic rings. The first-order chi connectivity index (χ1) is 10.0. The molecule has 0 aromatic heterocycles. The van der Waals surface area contributed by atoms with E-state index in [0.717, 1.165) is 5.56 Å². The molecule has 0 fully saturated rings. The number of carbonyl (C=O) groups excluding carboxylic acids is 1. The van der Waals surface area contributed by atoms with Crippen LogP contribution in [0.4, 0.5) is 11.4 Å². The molecule has 1 heterocycles. The van der Waals surface area contributed by atoms with Crippen molar-refractivity contribution in [3.8, 4) is 5.75 Å². The number of rotatable bonds is 2. The molecule has 0 spiro atoms. The van der Waals surface area contributed by atoms with E-state index in [1.54, 1.807) is 36.4 Å². The highest BCUT2D eigenvalue weighted by molar-refractivity contribution is 6.35. The number of anilines is 2. The van der Waals surface area contributed by atoms with Crippen LogP contribution in [0, 0.1) is 0 Å². The van der Waals surface area contributed by atoms with E-state index in [9.17, 15) is 4.79 Å². The molecule has 6 heteroatoms. The molecule has 4 nitrogen and oxygen atoms in total. The monoisotopic (exact) mass is 322 g/mol. The fraction of sp³-hybridized carbons (Fsp3) is 0.133. The van der Waals surface area contributed by atoms with Gasteiger partial charge in [0.2, 0.25) is 0 Å². The number of halogens is 2. The molecule has 3 N–H and O–H groups in total. The number of nitrogens with one attached hydrogen (secondary N) is 1. The smallest absolute Gasteiger partial charge is 0.265 e. The summed E-state index contributed by atoms with van der Waals surface area (Å²) in [6.07, 6.45) is -0.297. The molecule has 1 unspecified atom stereocenters. The molecule has 0 saturated carbocycles. The number of ether oxygens (including phenoxy) is 1. The van der Waals surface area contributed by atoms with E-state index in [-0.39, 0.29) is 5.91 Å². The molecule has 21 heavy (non-hydrogen) atoms. The van der Waals surface area contributed by atoms with Crippen LogP contribution in [0.5, 0.6) is 5.75 Å². The normalized spacial score (nSPS) is 16.9. The maximum Gasteiger partial charge on any atom is 0.265 e. The van der Waals surface area contributed by atoms with Gasteiger partial charge in [-0.15, -0.1) is 0 Å². The molecule has 2 aromatic rings. The summed E-state index contributed by atoms with van der Waals surface area (Å²) in [5, 5.41) is 3.86. The van der Waals surface area contributed by atoms with Gasteiger partial charge in [0.1, 0.15) is 5.75 Å². The van der Waals surface area contributed by atoms with E-state index in [1.165, 1.54) is 0 Å². The second-order valence-electron chi connectivity index (χ2n) is 4.79. The van der Waals surface area contributed by atoms with Crippen molar-refractivity contribution in [1.82, 2.24) is 0 Å². The van der Waals surface area contributed by atoms with Gasteiger partial charge in [0.15, 0.2) is 6.10 Å². The third-order valence-electron chi connectivity index (χ3n) is 3.25. The first-order valence-corrected chi connectivity index (χ1v) is 7.09. The van der Waals surface area contributed by atoms with E-state index < -0.39 is 6.10 Å². The Morgan fingerprint density at radius 2 is 2.00 bits per heavy atom. The number of nitrogen functional groups attached to an aromatic ring is 1. The molecule has 1 aliphatic heterocycles. The summed E-state index contributed by atoms with van der Waals surface area (Å²) >= 11 is 12.0. The van der Waals surface area contributed by atoms with Crippen molar-refractivity contribution in [3.05, 3.63) is 52.0 Å². The number of hydrogen-bond acceptors (Lipinski definition) is 3. The highest BCUT2D eigenvalue weighted by atomic mass is 35.5. The Balaban J connectivity index is 1.85. The zero-order valence-electron chi connectivity index (χ0n) is 10.9. The first kappa shape index (κ1) is 14.0. The summed E-state index contributed by atoms with van der Waals surface area (Å²) in [6, 6.07) is 10.3. The lowest BCUT2D eigenvalue weighted by molar-refractivity contribution is -0.123. The summed E-state index contributed by atoms with van der Waals surface area (Å²) in [6.45, 7) is 0. The van der Waals surface area contributed by atoms with Crippen LogP contribution in [0.3, 0.4) is 0 Å². The van der Waals surface area contributed by atoms with Gasteiger partial charge in [0, 0.05) is 28.2 Å². The standard InChI is InChI=1S/C15H12Cl2N2O2/c16-9-2-1-8(11(17)6-9)5-14-15(20)19-12-4-3-10(18)7-13(12)21-14/h1-4,6-7,14H,5,18H2,(H,19,20). The molecule has 0 bridgehead atoms. The first-order valence-electron chi connectivity index (χ1n) is 6.34. The van der Waals surface area contributed by atoms with Crippen molar-refractivity contribution >= 4 is 40.5 Å². The second-order valence-corrected chi connectivity index (χ2v) is 5.63. The fourth-order valence-corrected chi connectivity index (χ4v) is 2.67. The summed E-state index contributed by atoms with van der Waals surface area (Å²) in [4.78, 5) is 12.1. The topological polar surface area (TPSA) is 64.3 Å².